The Kier molecular flexibility index (Phi) is 2.67. The van der Waals surface area contributed by atoms with E-state index in [0.29, 0.717) is 5.69 Å². The highest BCUT2D eigenvalue weighted by atomic mass is 32.2. The van der Waals surface area contributed by atoms with Crippen molar-refractivity contribution in [2.24, 2.45) is 4.40 Å². The van der Waals surface area contributed by atoms with Crippen LogP contribution in [0.5, 0.6) is 5.75 Å². The molecule has 0 N–H and O–H groups in total. The molecule has 4 rings (SSSR count). The number of hydrogen-bond acceptors (Lipinski definition) is 6. The minimum atomic E-state index is -0.544. The van der Waals surface area contributed by atoms with Crippen LogP contribution in [0.25, 0.3) is 0 Å². The molecule has 0 fully saturated rings. The number of nitro benzene ring substituents is 1. The van der Waals surface area contributed by atoms with Crippen molar-refractivity contribution in [1.82, 2.24) is 0 Å². The Morgan fingerprint density at radius 3 is 2.86 bits per heavy atom. The molecular weight excluding hydrogens is 306 g/mol. The molecule has 0 unspecified atom stereocenters. The van der Waals surface area contributed by atoms with E-state index in [1.54, 1.807) is 12.1 Å². The van der Waals surface area contributed by atoms with Crippen LogP contribution in [-0.2, 0) is 0 Å². The summed E-state index contributed by atoms with van der Waals surface area (Å²) in [7, 11) is 0. The molecule has 2 aliphatic heterocycles. The largest absolute Gasteiger partial charge is 0.424 e. The summed E-state index contributed by atoms with van der Waals surface area (Å²) in [4.78, 5) is 25.2. The fraction of sp³-hybridized carbons (Fsp3) is 0. The first-order chi connectivity index (χ1) is 10.6. The monoisotopic (exact) mass is 313 g/mol. The lowest BCUT2D eigenvalue weighted by Crippen LogP contribution is -2.45. The van der Waals surface area contributed by atoms with Gasteiger partial charge >= 0.3 is 6.02 Å². The summed E-state index contributed by atoms with van der Waals surface area (Å²) in [5.41, 5.74) is 0.644. The number of benzene rings is 2. The number of amidine groups is 1. The third kappa shape index (κ3) is 1.77. The van der Waals surface area contributed by atoms with E-state index < -0.39 is 10.8 Å². The highest BCUT2D eigenvalue weighted by molar-refractivity contribution is 7.98. The summed E-state index contributed by atoms with van der Waals surface area (Å²) in [6.45, 7) is 0. The lowest BCUT2D eigenvalue weighted by atomic mass is 10.1. The van der Waals surface area contributed by atoms with Gasteiger partial charge in [-0.2, -0.15) is 4.40 Å². The van der Waals surface area contributed by atoms with Crippen molar-refractivity contribution in [1.29, 1.82) is 0 Å². The molecule has 1 amide bonds. The van der Waals surface area contributed by atoms with Crippen LogP contribution < -0.4 is 9.64 Å². The third-order valence-corrected chi connectivity index (χ3v) is 4.12. The van der Waals surface area contributed by atoms with Crippen molar-refractivity contribution in [3.05, 3.63) is 58.1 Å². The van der Waals surface area contributed by atoms with Crippen LogP contribution in [0.15, 0.2) is 51.8 Å². The smallest absolute Gasteiger partial charge is 0.316 e. The fourth-order valence-electron chi connectivity index (χ4n) is 2.32. The third-order valence-electron chi connectivity index (χ3n) is 3.33. The molecule has 0 aromatic heterocycles. The van der Waals surface area contributed by atoms with Gasteiger partial charge < -0.3 is 4.74 Å². The van der Waals surface area contributed by atoms with Gasteiger partial charge in [-0.1, -0.05) is 12.1 Å². The van der Waals surface area contributed by atoms with E-state index in [2.05, 4.69) is 4.40 Å². The van der Waals surface area contributed by atoms with Crippen LogP contribution in [-0.4, -0.2) is 16.9 Å². The second-order valence-corrected chi connectivity index (χ2v) is 5.42. The quantitative estimate of drug-likeness (QED) is 0.459. The second kappa shape index (κ2) is 4.57. The number of nitrogens with zero attached hydrogens (tertiary/aromatic N) is 3. The molecular formula is C14H7N3O4S. The Hall–Kier alpha value is -2.87. The van der Waals surface area contributed by atoms with Crippen LogP contribution in [0.1, 0.15) is 10.4 Å². The number of para-hydroxylation sites is 1. The van der Waals surface area contributed by atoms with Crippen LogP contribution in [0, 0.1) is 10.1 Å². The van der Waals surface area contributed by atoms with E-state index in [-0.39, 0.29) is 23.0 Å². The zero-order chi connectivity index (χ0) is 15.3. The SMILES string of the molecule is O=C1c2cc([N+](=O)[O-])ccc2OC2=NSc3ccccc3N12. The molecule has 2 aromatic carbocycles. The van der Waals surface area contributed by atoms with Crippen molar-refractivity contribution in [2.75, 3.05) is 4.90 Å². The molecule has 0 saturated carbocycles. The van der Waals surface area contributed by atoms with Crippen LogP contribution in [0.2, 0.25) is 0 Å². The number of hydrogen-bond donors (Lipinski definition) is 0. The average Bonchev–Trinajstić information content (AvgIpc) is 2.54. The molecule has 108 valence electrons. The minimum Gasteiger partial charge on any atom is -0.424 e. The lowest BCUT2D eigenvalue weighted by molar-refractivity contribution is -0.384. The molecule has 0 spiro atoms. The van der Waals surface area contributed by atoms with Gasteiger partial charge in [0.1, 0.15) is 5.75 Å². The highest BCUT2D eigenvalue weighted by Crippen LogP contribution is 2.40. The number of ether oxygens (including phenoxy) is 1. The maximum atomic E-state index is 12.7. The van der Waals surface area contributed by atoms with Gasteiger partial charge in [-0.05, 0) is 18.2 Å². The predicted octanol–water partition coefficient (Wildman–Crippen LogP) is 3.01. The summed E-state index contributed by atoms with van der Waals surface area (Å²) in [5, 5.41) is 10.9. The average molecular weight is 313 g/mol. The number of fused-ring (bicyclic) bond motifs is 4. The second-order valence-electron chi connectivity index (χ2n) is 4.61. The van der Waals surface area contributed by atoms with Crippen molar-refractivity contribution in [2.45, 2.75) is 4.90 Å². The normalized spacial score (nSPS) is 15.2. The number of carbonyl (C=O) groups is 1. The van der Waals surface area contributed by atoms with E-state index in [9.17, 15) is 14.9 Å². The van der Waals surface area contributed by atoms with E-state index in [1.165, 1.54) is 35.0 Å². The summed E-state index contributed by atoms with van der Waals surface area (Å²) in [6, 6.07) is 11.4. The van der Waals surface area contributed by atoms with E-state index in [4.69, 9.17) is 4.74 Å². The van der Waals surface area contributed by atoms with Crippen molar-refractivity contribution in [3.63, 3.8) is 0 Å². The summed E-state index contributed by atoms with van der Waals surface area (Å²) in [5.74, 6) is -0.123. The molecule has 8 heteroatoms. The van der Waals surface area contributed by atoms with Gasteiger partial charge in [0, 0.05) is 24.1 Å². The van der Waals surface area contributed by atoms with E-state index >= 15 is 0 Å². The first kappa shape index (κ1) is 12.8. The Morgan fingerprint density at radius 1 is 1.23 bits per heavy atom. The fourth-order valence-corrected chi connectivity index (χ4v) is 3.01. The van der Waals surface area contributed by atoms with Crippen molar-refractivity contribution < 1.29 is 14.5 Å². The number of rotatable bonds is 1. The topological polar surface area (TPSA) is 85.0 Å². The van der Waals surface area contributed by atoms with Crippen molar-refractivity contribution >= 4 is 35.3 Å². The van der Waals surface area contributed by atoms with E-state index in [0.717, 1.165) is 4.90 Å². The molecule has 0 atom stereocenters. The van der Waals surface area contributed by atoms with Gasteiger partial charge in [0.05, 0.1) is 21.1 Å². The molecule has 2 aromatic rings. The molecule has 22 heavy (non-hydrogen) atoms. The summed E-state index contributed by atoms with van der Waals surface area (Å²) >= 11 is 1.22. The number of non-ortho nitro benzene ring substituents is 1. The standard InChI is InChI=1S/C14H7N3O4S/c18-13-9-7-8(17(19)20)5-6-11(9)21-14-15-22-12-4-2-1-3-10(12)16(13)14/h1-7H. The molecule has 0 bridgehead atoms. The van der Waals surface area contributed by atoms with E-state index in [1.807, 2.05) is 12.1 Å². The number of nitro groups is 1. The van der Waals surface area contributed by atoms with Gasteiger partial charge in [0.15, 0.2) is 0 Å². The molecule has 7 nitrogen and oxygen atoms in total. The zero-order valence-corrected chi connectivity index (χ0v) is 11.7. The lowest BCUT2D eigenvalue weighted by Gasteiger charge is -2.32. The van der Waals surface area contributed by atoms with Crippen LogP contribution in [0.4, 0.5) is 11.4 Å². The van der Waals surface area contributed by atoms with Gasteiger partial charge in [-0.15, -0.1) is 0 Å². The summed E-state index contributed by atoms with van der Waals surface area (Å²) in [6.07, 6.45) is 0. The first-order valence-corrected chi connectivity index (χ1v) is 7.07. The molecule has 0 aliphatic carbocycles. The van der Waals surface area contributed by atoms with Gasteiger partial charge in [0.2, 0.25) is 0 Å². The Morgan fingerprint density at radius 2 is 2.05 bits per heavy atom. The van der Waals surface area contributed by atoms with Gasteiger partial charge in [-0.3, -0.25) is 14.9 Å². The Balaban J connectivity index is 1.87. The Bertz CT molecular complexity index is 865. The molecule has 0 radical (unpaired) electrons. The number of carbonyl (C=O) groups excluding carboxylic acids is 1. The van der Waals surface area contributed by atoms with Crippen LogP contribution >= 0.6 is 11.9 Å². The molecule has 2 heterocycles. The number of anilines is 1. The predicted molar refractivity (Wildman–Crippen MR) is 80.3 cm³/mol. The zero-order valence-electron chi connectivity index (χ0n) is 10.9. The summed E-state index contributed by atoms with van der Waals surface area (Å²) < 4.78 is 9.79. The van der Waals surface area contributed by atoms with Crippen LogP contribution in [0.3, 0.4) is 0 Å². The molecule has 0 saturated heterocycles. The first-order valence-electron chi connectivity index (χ1n) is 6.30. The maximum Gasteiger partial charge on any atom is 0.316 e. The Labute approximate surface area is 128 Å². The number of amides is 1. The van der Waals surface area contributed by atoms with Gasteiger partial charge in [-0.25, -0.2) is 4.90 Å². The minimum absolute atomic E-state index is 0.148. The van der Waals surface area contributed by atoms with Gasteiger partial charge in [0.25, 0.3) is 11.6 Å². The highest BCUT2D eigenvalue weighted by Gasteiger charge is 2.37. The van der Waals surface area contributed by atoms with Crippen molar-refractivity contribution in [3.8, 4) is 5.75 Å². The molecule has 2 aliphatic rings. The maximum absolute atomic E-state index is 12.7.